The Kier molecular flexibility index (Phi) is 8.80. The Labute approximate surface area is 238 Å². The fourth-order valence-corrected chi connectivity index (χ4v) is 6.94. The van der Waals surface area contributed by atoms with Gasteiger partial charge in [0.25, 0.3) is 15.9 Å². The average molecular weight is 594 g/mol. The molecule has 40 heavy (non-hydrogen) atoms. The minimum Gasteiger partial charge on any atom is -0.464 e. The largest absolute Gasteiger partial charge is 0.464 e. The number of nitrogens with zero attached hydrogens (tertiary/aromatic N) is 4. The van der Waals surface area contributed by atoms with Crippen LogP contribution in [0.25, 0.3) is 0 Å². The molecule has 0 radical (unpaired) electrons. The smallest absolute Gasteiger partial charge is 0.414 e. The Morgan fingerprint density at radius 3 is 2.40 bits per heavy atom. The monoisotopic (exact) mass is 593 g/mol. The van der Waals surface area contributed by atoms with E-state index < -0.39 is 44.9 Å². The van der Waals surface area contributed by atoms with Crippen molar-refractivity contribution in [1.29, 1.82) is 0 Å². The van der Waals surface area contributed by atoms with Crippen LogP contribution in [0.2, 0.25) is 0 Å². The summed E-state index contributed by atoms with van der Waals surface area (Å²) in [4.78, 5) is 40.5. The molecule has 14 heteroatoms. The zero-order valence-electron chi connectivity index (χ0n) is 23.2. The van der Waals surface area contributed by atoms with E-state index in [9.17, 15) is 22.8 Å². The molecule has 1 saturated carbocycles. The summed E-state index contributed by atoms with van der Waals surface area (Å²) in [6.07, 6.45) is 3.60. The van der Waals surface area contributed by atoms with Crippen LogP contribution in [0.4, 0.5) is 4.79 Å². The van der Waals surface area contributed by atoms with Gasteiger partial charge in [-0.3, -0.25) is 14.8 Å². The molecule has 0 spiro atoms. The standard InChI is InChI=1S/C26H35N5O7S2/c1-26(2)16-39-22(28-26)23(32)31(40(35,36)20-13-27-30(5)14-20)21(24(33)37-15-18-6-7-18)12-17-8-10-19(11-9-17)38-25(34)29(3)4/h8-11,13-14,18,21-22,28H,6-7,12,15-16H2,1-5H3/t21-,22-/m0/s1. The molecule has 1 aliphatic heterocycles. The summed E-state index contributed by atoms with van der Waals surface area (Å²) in [5.74, 6) is -0.474. The van der Waals surface area contributed by atoms with Crippen molar-refractivity contribution in [1.82, 2.24) is 24.3 Å². The Morgan fingerprint density at radius 2 is 1.88 bits per heavy atom. The number of ether oxygens (including phenoxy) is 2. The number of amides is 2. The maximum Gasteiger partial charge on any atom is 0.414 e. The lowest BCUT2D eigenvalue weighted by atomic mass is 10.1. The van der Waals surface area contributed by atoms with Gasteiger partial charge in [0.2, 0.25) is 0 Å². The summed E-state index contributed by atoms with van der Waals surface area (Å²) in [6.45, 7) is 3.99. The van der Waals surface area contributed by atoms with Gasteiger partial charge in [0.05, 0.1) is 12.8 Å². The molecule has 1 aliphatic carbocycles. The van der Waals surface area contributed by atoms with Crippen molar-refractivity contribution in [3.8, 4) is 5.75 Å². The molecule has 2 heterocycles. The Bertz CT molecular complexity index is 1350. The number of aryl methyl sites for hydroxylation is 1. The SMILES string of the molecule is CN(C)C(=O)Oc1ccc(C[C@@H](C(=O)OCC2CC2)N(C(=O)[C@H]2NC(C)(C)CS2)S(=O)(=O)c2cnn(C)c2)cc1. The molecule has 1 aromatic heterocycles. The number of carbonyl (C=O) groups is 3. The molecule has 1 N–H and O–H groups in total. The first-order valence-electron chi connectivity index (χ1n) is 12.9. The Morgan fingerprint density at radius 1 is 1.20 bits per heavy atom. The highest BCUT2D eigenvalue weighted by Gasteiger charge is 2.47. The molecule has 2 amide bonds. The lowest BCUT2D eigenvalue weighted by Crippen LogP contribution is -2.56. The molecule has 0 bridgehead atoms. The van der Waals surface area contributed by atoms with Crippen molar-refractivity contribution in [2.24, 2.45) is 13.0 Å². The van der Waals surface area contributed by atoms with Gasteiger partial charge in [0.15, 0.2) is 0 Å². The topological polar surface area (TPSA) is 140 Å². The Balaban J connectivity index is 1.70. The van der Waals surface area contributed by atoms with Crippen molar-refractivity contribution >= 4 is 39.8 Å². The van der Waals surface area contributed by atoms with Crippen LogP contribution in [0, 0.1) is 5.92 Å². The maximum absolute atomic E-state index is 14.0. The molecular formula is C26H35N5O7S2. The highest BCUT2D eigenvalue weighted by Crippen LogP contribution is 2.32. The molecule has 218 valence electrons. The number of sulfonamides is 1. The van der Waals surface area contributed by atoms with Crippen LogP contribution in [-0.4, -0.2) is 88.8 Å². The molecule has 1 saturated heterocycles. The molecule has 0 unspecified atom stereocenters. The molecular weight excluding hydrogens is 558 g/mol. The number of hydrogen-bond donors (Lipinski definition) is 1. The second kappa shape index (κ2) is 11.8. The fourth-order valence-electron chi connectivity index (χ4n) is 4.02. The average Bonchev–Trinajstić information content (AvgIpc) is 3.50. The summed E-state index contributed by atoms with van der Waals surface area (Å²) in [7, 11) is 0.174. The van der Waals surface area contributed by atoms with E-state index in [0.717, 1.165) is 19.0 Å². The first-order chi connectivity index (χ1) is 18.8. The van der Waals surface area contributed by atoms with Gasteiger partial charge >= 0.3 is 12.1 Å². The van der Waals surface area contributed by atoms with Crippen LogP contribution in [0.5, 0.6) is 5.75 Å². The van der Waals surface area contributed by atoms with Crippen molar-refractivity contribution in [2.75, 3.05) is 26.5 Å². The lowest BCUT2D eigenvalue weighted by Gasteiger charge is -2.31. The van der Waals surface area contributed by atoms with Gasteiger partial charge in [0, 0.05) is 45.1 Å². The van der Waals surface area contributed by atoms with Crippen molar-refractivity contribution < 1.29 is 32.3 Å². The highest BCUT2D eigenvalue weighted by molar-refractivity contribution is 8.01. The molecule has 2 atom stereocenters. The molecule has 2 aliphatic rings. The van der Waals surface area contributed by atoms with Crippen LogP contribution in [0.3, 0.4) is 0 Å². The summed E-state index contributed by atoms with van der Waals surface area (Å²) in [5, 5.41) is 6.26. The van der Waals surface area contributed by atoms with E-state index in [1.807, 2.05) is 13.8 Å². The van der Waals surface area contributed by atoms with E-state index in [1.165, 1.54) is 27.5 Å². The van der Waals surface area contributed by atoms with Gasteiger partial charge in [0.1, 0.15) is 22.1 Å². The normalized spacial score (nSPS) is 19.1. The van der Waals surface area contributed by atoms with E-state index in [4.69, 9.17) is 9.47 Å². The lowest BCUT2D eigenvalue weighted by molar-refractivity contribution is -0.152. The van der Waals surface area contributed by atoms with E-state index in [1.54, 1.807) is 45.4 Å². The number of carbonyl (C=O) groups excluding carboxylic acids is 3. The number of thioether (sulfide) groups is 1. The fraction of sp³-hybridized carbons (Fsp3) is 0.538. The van der Waals surface area contributed by atoms with Crippen LogP contribution in [-0.2, 0) is 37.8 Å². The number of aromatic nitrogens is 2. The molecule has 12 nitrogen and oxygen atoms in total. The third-order valence-electron chi connectivity index (χ3n) is 6.45. The van der Waals surface area contributed by atoms with E-state index in [-0.39, 0.29) is 29.6 Å². The van der Waals surface area contributed by atoms with Crippen LogP contribution in [0.15, 0.2) is 41.6 Å². The Hall–Kier alpha value is -3.10. The molecule has 2 fully saturated rings. The van der Waals surface area contributed by atoms with Gasteiger partial charge in [-0.1, -0.05) is 12.1 Å². The summed E-state index contributed by atoms with van der Waals surface area (Å²) in [6, 6.07) is 4.84. The van der Waals surface area contributed by atoms with Crippen LogP contribution < -0.4 is 10.1 Å². The summed E-state index contributed by atoms with van der Waals surface area (Å²) < 4.78 is 40.7. The number of nitrogens with one attached hydrogen (secondary N) is 1. The zero-order chi connectivity index (χ0) is 29.2. The van der Waals surface area contributed by atoms with Gasteiger partial charge < -0.3 is 14.4 Å². The molecule has 4 rings (SSSR count). The zero-order valence-corrected chi connectivity index (χ0v) is 24.8. The second-order valence-corrected chi connectivity index (χ2v) is 13.8. The quantitative estimate of drug-likeness (QED) is 0.407. The molecule has 2 aromatic rings. The predicted octanol–water partition coefficient (Wildman–Crippen LogP) is 2.00. The van der Waals surface area contributed by atoms with Crippen molar-refractivity contribution in [2.45, 2.75) is 55.0 Å². The van der Waals surface area contributed by atoms with E-state index in [2.05, 4.69) is 10.4 Å². The number of hydrogen-bond acceptors (Lipinski definition) is 10. The maximum atomic E-state index is 14.0. The van der Waals surface area contributed by atoms with Gasteiger partial charge in [-0.05, 0) is 50.3 Å². The third-order valence-corrected chi connectivity index (χ3v) is 9.75. The summed E-state index contributed by atoms with van der Waals surface area (Å²) >= 11 is 1.28. The van der Waals surface area contributed by atoms with Gasteiger partial charge in [-0.2, -0.15) is 5.10 Å². The summed E-state index contributed by atoms with van der Waals surface area (Å²) in [5.41, 5.74) is 0.140. The van der Waals surface area contributed by atoms with Crippen molar-refractivity contribution in [3.05, 3.63) is 42.2 Å². The predicted molar refractivity (Wildman–Crippen MR) is 148 cm³/mol. The highest BCUT2D eigenvalue weighted by atomic mass is 32.2. The van der Waals surface area contributed by atoms with Gasteiger partial charge in [-0.15, -0.1) is 11.8 Å². The number of rotatable bonds is 10. The minimum atomic E-state index is -4.50. The second-order valence-electron chi connectivity index (χ2n) is 10.9. The van der Waals surface area contributed by atoms with Crippen LogP contribution in [0.1, 0.15) is 32.3 Å². The minimum absolute atomic E-state index is 0.141. The number of esters is 1. The molecule has 1 aromatic carbocycles. The third kappa shape index (κ3) is 7.15. The van der Waals surface area contributed by atoms with E-state index >= 15 is 0 Å². The van der Waals surface area contributed by atoms with Crippen LogP contribution >= 0.6 is 11.8 Å². The first-order valence-corrected chi connectivity index (χ1v) is 15.4. The van der Waals surface area contributed by atoms with Crippen molar-refractivity contribution in [3.63, 3.8) is 0 Å². The number of benzene rings is 1. The van der Waals surface area contributed by atoms with E-state index in [0.29, 0.717) is 15.6 Å². The van der Waals surface area contributed by atoms with Gasteiger partial charge in [-0.25, -0.2) is 22.3 Å². The first kappa shape index (κ1) is 29.9.